The third-order valence-electron chi connectivity index (χ3n) is 10.7. The van der Waals surface area contributed by atoms with Crippen LogP contribution in [0.4, 0.5) is 0 Å². The highest BCUT2D eigenvalue weighted by atomic mass is 14.7. The largest absolute Gasteiger partial charge is 0.103 e. The van der Waals surface area contributed by atoms with Gasteiger partial charge in [0.1, 0.15) is 0 Å². The Kier molecular flexibility index (Phi) is 4.16. The van der Waals surface area contributed by atoms with Gasteiger partial charge in [-0.15, -0.1) is 6.58 Å². The third kappa shape index (κ3) is 2.20. The average molecular weight is 355 g/mol. The molecule has 0 bridgehead atoms. The standard InChI is InChI=1S/C26H42/c1-8-18(2)19-12-16-26(7)21-10-11-22-23(3,4)14-9-15-24(22,5)20(21)13-17-25(19,26)6/h8,10,18-20,22H,1,9,11-17H2,2-7H3/t18?,19-,20-,22-,24+,25-,26+/m0/s1. The molecule has 0 amide bonds. The van der Waals surface area contributed by atoms with Gasteiger partial charge in [-0.05, 0) is 90.3 Å². The highest BCUT2D eigenvalue weighted by Crippen LogP contribution is 2.73. The van der Waals surface area contributed by atoms with E-state index in [0.29, 0.717) is 27.6 Å². The van der Waals surface area contributed by atoms with Gasteiger partial charge in [-0.25, -0.2) is 0 Å². The number of allylic oxidation sites excluding steroid dienone is 3. The summed E-state index contributed by atoms with van der Waals surface area (Å²) in [6.07, 6.45) is 16.3. The summed E-state index contributed by atoms with van der Waals surface area (Å²) < 4.78 is 0. The molecule has 4 aliphatic carbocycles. The Bertz CT molecular complexity index is 624. The Hall–Kier alpha value is -0.520. The van der Waals surface area contributed by atoms with Gasteiger partial charge in [-0.3, -0.25) is 0 Å². The van der Waals surface area contributed by atoms with Crippen molar-refractivity contribution < 1.29 is 0 Å². The summed E-state index contributed by atoms with van der Waals surface area (Å²) in [6.45, 7) is 19.6. The first-order valence-electron chi connectivity index (χ1n) is 11.4. The number of fused-ring (bicyclic) bond motifs is 5. The van der Waals surface area contributed by atoms with Crippen molar-refractivity contribution in [2.75, 3.05) is 0 Å². The summed E-state index contributed by atoms with van der Waals surface area (Å²) in [5.41, 5.74) is 3.84. The Morgan fingerprint density at radius 3 is 2.46 bits per heavy atom. The van der Waals surface area contributed by atoms with Crippen LogP contribution in [0.2, 0.25) is 0 Å². The lowest BCUT2D eigenvalue weighted by Gasteiger charge is -2.63. The van der Waals surface area contributed by atoms with E-state index in [2.05, 4.69) is 60.3 Å². The van der Waals surface area contributed by atoms with Crippen LogP contribution in [0.15, 0.2) is 24.3 Å². The first-order chi connectivity index (χ1) is 12.1. The monoisotopic (exact) mass is 354 g/mol. The highest BCUT2D eigenvalue weighted by Gasteiger charge is 2.64. The van der Waals surface area contributed by atoms with Crippen molar-refractivity contribution in [1.82, 2.24) is 0 Å². The van der Waals surface area contributed by atoms with Crippen LogP contribution in [-0.4, -0.2) is 0 Å². The van der Waals surface area contributed by atoms with E-state index in [1.807, 2.05) is 5.57 Å². The minimum absolute atomic E-state index is 0.424. The van der Waals surface area contributed by atoms with Crippen LogP contribution < -0.4 is 0 Å². The van der Waals surface area contributed by atoms with E-state index in [1.54, 1.807) is 0 Å². The van der Waals surface area contributed by atoms with Crippen molar-refractivity contribution >= 4 is 0 Å². The van der Waals surface area contributed by atoms with Crippen LogP contribution >= 0.6 is 0 Å². The maximum Gasteiger partial charge on any atom is -0.00567 e. The molecule has 0 saturated heterocycles. The topological polar surface area (TPSA) is 0 Å². The Morgan fingerprint density at radius 2 is 1.77 bits per heavy atom. The van der Waals surface area contributed by atoms with Crippen molar-refractivity contribution in [3.63, 3.8) is 0 Å². The predicted molar refractivity (Wildman–Crippen MR) is 113 cm³/mol. The van der Waals surface area contributed by atoms with Gasteiger partial charge in [-0.1, -0.05) is 65.7 Å². The van der Waals surface area contributed by atoms with E-state index in [1.165, 1.54) is 51.4 Å². The van der Waals surface area contributed by atoms with Crippen LogP contribution in [0, 0.1) is 45.3 Å². The Morgan fingerprint density at radius 1 is 1.04 bits per heavy atom. The van der Waals surface area contributed by atoms with E-state index < -0.39 is 0 Å². The molecule has 0 radical (unpaired) electrons. The van der Waals surface area contributed by atoms with Gasteiger partial charge in [-0.2, -0.15) is 0 Å². The molecule has 3 saturated carbocycles. The smallest absolute Gasteiger partial charge is 0.00567 e. The molecule has 26 heavy (non-hydrogen) atoms. The Labute approximate surface area is 162 Å². The van der Waals surface area contributed by atoms with Crippen molar-refractivity contribution in [3.05, 3.63) is 24.3 Å². The second-order valence-electron chi connectivity index (χ2n) is 11.9. The van der Waals surface area contributed by atoms with Crippen LogP contribution in [0.25, 0.3) is 0 Å². The molecule has 3 fully saturated rings. The second-order valence-corrected chi connectivity index (χ2v) is 11.9. The normalized spacial score (nSPS) is 50.8. The lowest BCUT2D eigenvalue weighted by molar-refractivity contribution is -0.0783. The lowest BCUT2D eigenvalue weighted by Crippen LogP contribution is -2.55. The molecule has 0 heteroatoms. The molecule has 0 aromatic rings. The van der Waals surface area contributed by atoms with Crippen LogP contribution in [-0.2, 0) is 0 Å². The van der Waals surface area contributed by atoms with Gasteiger partial charge in [0.2, 0.25) is 0 Å². The first-order valence-corrected chi connectivity index (χ1v) is 11.4. The molecular weight excluding hydrogens is 312 g/mol. The van der Waals surface area contributed by atoms with Gasteiger partial charge >= 0.3 is 0 Å². The van der Waals surface area contributed by atoms with Crippen molar-refractivity contribution in [1.29, 1.82) is 0 Å². The second kappa shape index (κ2) is 5.74. The van der Waals surface area contributed by atoms with E-state index in [0.717, 1.165) is 17.8 Å². The Balaban J connectivity index is 1.75. The molecular formula is C26H42. The van der Waals surface area contributed by atoms with Crippen LogP contribution in [0.5, 0.6) is 0 Å². The molecule has 0 spiro atoms. The molecule has 1 unspecified atom stereocenters. The quantitative estimate of drug-likeness (QED) is 0.444. The fraction of sp³-hybridized carbons (Fsp3) is 0.846. The molecule has 0 aromatic heterocycles. The van der Waals surface area contributed by atoms with E-state index >= 15 is 0 Å². The minimum atomic E-state index is 0.424. The zero-order valence-corrected chi connectivity index (χ0v) is 18.3. The van der Waals surface area contributed by atoms with E-state index in [4.69, 9.17) is 0 Å². The van der Waals surface area contributed by atoms with Crippen molar-refractivity contribution in [2.24, 2.45) is 45.3 Å². The average Bonchev–Trinajstić information content (AvgIpc) is 2.85. The molecule has 0 nitrogen and oxygen atoms in total. The zero-order valence-electron chi connectivity index (χ0n) is 18.3. The number of hydrogen-bond acceptors (Lipinski definition) is 0. The summed E-state index contributed by atoms with van der Waals surface area (Å²) in [6, 6.07) is 0. The van der Waals surface area contributed by atoms with Crippen LogP contribution in [0.1, 0.15) is 92.9 Å². The van der Waals surface area contributed by atoms with Crippen LogP contribution in [0.3, 0.4) is 0 Å². The maximum atomic E-state index is 4.14. The summed E-state index contributed by atoms with van der Waals surface area (Å²) in [7, 11) is 0. The van der Waals surface area contributed by atoms with Gasteiger partial charge in [0.25, 0.3) is 0 Å². The molecule has 0 aliphatic heterocycles. The predicted octanol–water partition coefficient (Wildman–Crippen LogP) is 7.80. The maximum absolute atomic E-state index is 4.14. The summed E-state index contributed by atoms with van der Waals surface area (Å²) in [5.74, 6) is 3.20. The van der Waals surface area contributed by atoms with E-state index in [-0.39, 0.29) is 0 Å². The molecule has 0 N–H and O–H groups in total. The molecule has 146 valence electrons. The first kappa shape index (κ1) is 18.8. The zero-order chi connectivity index (χ0) is 19.0. The minimum Gasteiger partial charge on any atom is -0.103 e. The van der Waals surface area contributed by atoms with Gasteiger partial charge in [0.05, 0.1) is 0 Å². The molecule has 4 rings (SSSR count). The SMILES string of the molecule is C=CC(C)[C@@H]1CC[C@]2(C)C3=CC[C@H]4C(C)(C)CCC[C@]4(C)[C@H]3CC[C@@]12C. The summed E-state index contributed by atoms with van der Waals surface area (Å²) in [4.78, 5) is 0. The third-order valence-corrected chi connectivity index (χ3v) is 10.7. The summed E-state index contributed by atoms with van der Waals surface area (Å²) >= 11 is 0. The lowest BCUT2D eigenvalue weighted by atomic mass is 9.41. The van der Waals surface area contributed by atoms with Crippen molar-refractivity contribution in [3.8, 4) is 0 Å². The van der Waals surface area contributed by atoms with Gasteiger partial charge < -0.3 is 0 Å². The molecule has 7 atom stereocenters. The van der Waals surface area contributed by atoms with Gasteiger partial charge in [0, 0.05) is 0 Å². The molecule has 0 aromatic carbocycles. The fourth-order valence-electron chi connectivity index (χ4n) is 8.85. The van der Waals surface area contributed by atoms with Crippen molar-refractivity contribution in [2.45, 2.75) is 92.9 Å². The van der Waals surface area contributed by atoms with E-state index in [9.17, 15) is 0 Å². The van der Waals surface area contributed by atoms with Gasteiger partial charge in [0.15, 0.2) is 0 Å². The highest BCUT2D eigenvalue weighted by molar-refractivity contribution is 5.33. The molecule has 4 aliphatic rings. The molecule has 0 heterocycles. The fourth-order valence-corrected chi connectivity index (χ4v) is 8.85. The number of hydrogen-bond donors (Lipinski definition) is 0. The number of rotatable bonds is 2. The summed E-state index contributed by atoms with van der Waals surface area (Å²) in [5, 5.41) is 0.